The molecule has 0 aliphatic heterocycles. The van der Waals surface area contributed by atoms with Gasteiger partial charge < -0.3 is 4.57 Å². The molecular formula is C16H17ClN2S. The fourth-order valence-electron chi connectivity index (χ4n) is 2.62. The molecular weight excluding hydrogens is 288 g/mol. The lowest BCUT2D eigenvalue weighted by Crippen LogP contribution is -2.11. The van der Waals surface area contributed by atoms with Gasteiger partial charge in [-0.05, 0) is 37.4 Å². The van der Waals surface area contributed by atoms with Crippen molar-refractivity contribution < 1.29 is 0 Å². The first-order valence-corrected chi connectivity index (χ1v) is 8.11. The maximum atomic E-state index is 6.32. The number of rotatable bonds is 4. The third-order valence-electron chi connectivity index (χ3n) is 3.50. The van der Waals surface area contributed by atoms with Crippen LogP contribution < -0.4 is 0 Å². The Balaban J connectivity index is 2.06. The summed E-state index contributed by atoms with van der Waals surface area (Å²) < 4.78 is 2.28. The van der Waals surface area contributed by atoms with Gasteiger partial charge in [-0.25, -0.2) is 4.98 Å². The molecule has 1 aromatic carbocycles. The van der Waals surface area contributed by atoms with Crippen molar-refractivity contribution >= 4 is 34.0 Å². The van der Waals surface area contributed by atoms with Crippen LogP contribution >= 0.6 is 22.9 Å². The van der Waals surface area contributed by atoms with E-state index < -0.39 is 0 Å². The lowest BCUT2D eigenvalue weighted by atomic mass is 10.2. The average Bonchev–Trinajstić information content (AvgIpc) is 3.04. The SMILES string of the molecule is CC(Cl)c1nc2ccccc2n1C(C)Cc1cccs1. The van der Waals surface area contributed by atoms with E-state index in [1.807, 2.05) is 19.1 Å². The Labute approximate surface area is 128 Å². The van der Waals surface area contributed by atoms with E-state index in [4.69, 9.17) is 16.6 Å². The molecule has 2 aromatic heterocycles. The second-order valence-electron chi connectivity index (χ2n) is 5.08. The van der Waals surface area contributed by atoms with Gasteiger partial charge in [-0.2, -0.15) is 0 Å². The van der Waals surface area contributed by atoms with Gasteiger partial charge in [0.1, 0.15) is 5.82 Å². The van der Waals surface area contributed by atoms with Gasteiger partial charge in [-0.3, -0.25) is 0 Å². The van der Waals surface area contributed by atoms with Crippen LogP contribution in [0.2, 0.25) is 0 Å². The van der Waals surface area contributed by atoms with Gasteiger partial charge in [-0.15, -0.1) is 22.9 Å². The predicted octanol–water partition coefficient (Wildman–Crippen LogP) is 5.20. The molecule has 0 saturated heterocycles. The number of hydrogen-bond acceptors (Lipinski definition) is 2. The van der Waals surface area contributed by atoms with E-state index in [-0.39, 0.29) is 5.38 Å². The molecule has 0 fully saturated rings. The van der Waals surface area contributed by atoms with Crippen molar-refractivity contribution in [2.75, 3.05) is 0 Å². The molecule has 20 heavy (non-hydrogen) atoms. The summed E-state index contributed by atoms with van der Waals surface area (Å²) in [6.45, 7) is 4.22. The van der Waals surface area contributed by atoms with Crippen LogP contribution in [0.25, 0.3) is 11.0 Å². The molecule has 0 N–H and O–H groups in total. The van der Waals surface area contributed by atoms with E-state index in [1.54, 1.807) is 11.3 Å². The van der Waals surface area contributed by atoms with Crippen LogP contribution in [-0.4, -0.2) is 9.55 Å². The summed E-state index contributed by atoms with van der Waals surface area (Å²) in [5, 5.41) is 2.03. The maximum absolute atomic E-state index is 6.32. The van der Waals surface area contributed by atoms with E-state index in [2.05, 4.69) is 41.1 Å². The Morgan fingerprint density at radius 3 is 2.70 bits per heavy atom. The lowest BCUT2D eigenvalue weighted by Gasteiger charge is -2.18. The topological polar surface area (TPSA) is 17.8 Å². The van der Waals surface area contributed by atoms with Gasteiger partial charge in [0.2, 0.25) is 0 Å². The monoisotopic (exact) mass is 304 g/mol. The Morgan fingerprint density at radius 2 is 2.00 bits per heavy atom. The molecule has 2 atom stereocenters. The summed E-state index contributed by atoms with van der Waals surface area (Å²) in [6.07, 6.45) is 1.01. The van der Waals surface area contributed by atoms with Crippen molar-refractivity contribution in [3.05, 3.63) is 52.5 Å². The van der Waals surface area contributed by atoms with Crippen LogP contribution in [-0.2, 0) is 6.42 Å². The fourth-order valence-corrected chi connectivity index (χ4v) is 3.60. The van der Waals surface area contributed by atoms with Gasteiger partial charge in [-0.1, -0.05) is 18.2 Å². The number of aromatic nitrogens is 2. The number of benzene rings is 1. The third-order valence-corrected chi connectivity index (χ3v) is 4.59. The molecule has 4 heteroatoms. The largest absolute Gasteiger partial charge is 0.324 e. The maximum Gasteiger partial charge on any atom is 0.127 e. The molecule has 0 saturated carbocycles. The lowest BCUT2D eigenvalue weighted by molar-refractivity contribution is 0.538. The minimum atomic E-state index is -0.0896. The average molecular weight is 305 g/mol. The van der Waals surface area contributed by atoms with Gasteiger partial charge in [0.05, 0.1) is 16.4 Å². The molecule has 3 aromatic rings. The minimum Gasteiger partial charge on any atom is -0.324 e. The standard InChI is InChI=1S/C16H17ClN2S/c1-11(10-13-6-5-9-20-13)19-15-8-4-3-7-14(15)18-16(19)12(2)17/h3-9,11-12H,10H2,1-2H3. The van der Waals surface area contributed by atoms with Crippen LogP contribution in [0.4, 0.5) is 0 Å². The first kappa shape index (κ1) is 13.7. The van der Waals surface area contributed by atoms with E-state index in [9.17, 15) is 0 Å². The first-order chi connectivity index (χ1) is 9.66. The number of halogens is 1. The third kappa shape index (κ3) is 2.48. The second-order valence-corrected chi connectivity index (χ2v) is 6.76. The Kier molecular flexibility index (Phi) is 3.81. The molecule has 2 heterocycles. The Bertz CT molecular complexity index is 700. The molecule has 2 unspecified atom stereocenters. The number of nitrogens with zero attached hydrogens (tertiary/aromatic N) is 2. The highest BCUT2D eigenvalue weighted by molar-refractivity contribution is 7.09. The summed E-state index contributed by atoms with van der Waals surface area (Å²) in [5.74, 6) is 0.955. The van der Waals surface area contributed by atoms with Crippen LogP contribution in [0, 0.1) is 0 Å². The van der Waals surface area contributed by atoms with Crippen LogP contribution in [0.1, 0.15) is 36.0 Å². The summed E-state index contributed by atoms with van der Waals surface area (Å²) in [5.41, 5.74) is 2.19. The number of hydrogen-bond donors (Lipinski definition) is 0. The molecule has 0 amide bonds. The zero-order valence-electron chi connectivity index (χ0n) is 11.6. The molecule has 0 radical (unpaired) electrons. The zero-order valence-corrected chi connectivity index (χ0v) is 13.2. The number of alkyl halides is 1. The predicted molar refractivity (Wildman–Crippen MR) is 86.7 cm³/mol. The van der Waals surface area contributed by atoms with Crippen molar-refractivity contribution in [1.82, 2.24) is 9.55 Å². The van der Waals surface area contributed by atoms with E-state index in [0.717, 1.165) is 17.8 Å². The highest BCUT2D eigenvalue weighted by Gasteiger charge is 2.19. The number of para-hydroxylation sites is 2. The number of thiophene rings is 1. The summed E-state index contributed by atoms with van der Waals surface area (Å²) in [6, 6.07) is 12.9. The smallest absolute Gasteiger partial charge is 0.127 e. The Hall–Kier alpha value is -1.32. The quantitative estimate of drug-likeness (QED) is 0.606. The molecule has 2 nitrogen and oxygen atoms in total. The summed E-state index contributed by atoms with van der Waals surface area (Å²) in [7, 11) is 0. The molecule has 0 aliphatic rings. The van der Waals surface area contributed by atoms with Crippen LogP contribution in [0.3, 0.4) is 0 Å². The minimum absolute atomic E-state index is 0.0896. The van der Waals surface area contributed by atoms with Gasteiger partial charge in [0.15, 0.2) is 0 Å². The first-order valence-electron chi connectivity index (χ1n) is 6.80. The number of fused-ring (bicyclic) bond motifs is 1. The van der Waals surface area contributed by atoms with Gasteiger partial charge >= 0.3 is 0 Å². The Morgan fingerprint density at radius 1 is 1.20 bits per heavy atom. The highest BCUT2D eigenvalue weighted by atomic mass is 35.5. The highest BCUT2D eigenvalue weighted by Crippen LogP contribution is 2.30. The number of imidazole rings is 1. The van der Waals surface area contributed by atoms with Crippen molar-refractivity contribution in [2.45, 2.75) is 31.7 Å². The molecule has 0 spiro atoms. The summed E-state index contributed by atoms with van der Waals surface area (Å²) in [4.78, 5) is 6.09. The second kappa shape index (κ2) is 5.58. The summed E-state index contributed by atoms with van der Waals surface area (Å²) >= 11 is 8.13. The normalized spacial score (nSPS) is 14.6. The van der Waals surface area contributed by atoms with Crippen molar-refractivity contribution in [2.24, 2.45) is 0 Å². The van der Waals surface area contributed by atoms with Crippen molar-refractivity contribution in [3.63, 3.8) is 0 Å². The molecule has 3 rings (SSSR count). The van der Waals surface area contributed by atoms with Gasteiger partial charge in [0, 0.05) is 17.3 Å². The van der Waals surface area contributed by atoms with Crippen LogP contribution in [0.15, 0.2) is 41.8 Å². The van der Waals surface area contributed by atoms with Crippen molar-refractivity contribution in [3.8, 4) is 0 Å². The van der Waals surface area contributed by atoms with Crippen molar-refractivity contribution in [1.29, 1.82) is 0 Å². The zero-order chi connectivity index (χ0) is 14.1. The van der Waals surface area contributed by atoms with E-state index in [0.29, 0.717) is 6.04 Å². The fraction of sp³-hybridized carbons (Fsp3) is 0.312. The molecule has 0 aliphatic carbocycles. The van der Waals surface area contributed by atoms with Crippen LogP contribution in [0.5, 0.6) is 0 Å². The van der Waals surface area contributed by atoms with E-state index in [1.165, 1.54) is 10.4 Å². The molecule has 0 bridgehead atoms. The molecule has 104 valence electrons. The van der Waals surface area contributed by atoms with Gasteiger partial charge in [0.25, 0.3) is 0 Å². The van der Waals surface area contributed by atoms with E-state index >= 15 is 0 Å².